The molecule has 0 aliphatic rings. The zero-order valence-corrected chi connectivity index (χ0v) is 16.8. The number of benzene rings is 2. The van der Waals surface area contributed by atoms with Crippen molar-refractivity contribution in [3.05, 3.63) is 89.2 Å². The first-order valence-corrected chi connectivity index (χ1v) is 10.4. The Bertz CT molecular complexity index is 1180. The number of aromatic nitrogens is 1. The predicted molar refractivity (Wildman–Crippen MR) is 111 cm³/mol. The van der Waals surface area contributed by atoms with Crippen molar-refractivity contribution in [1.29, 1.82) is 0 Å². The summed E-state index contributed by atoms with van der Waals surface area (Å²) >= 11 is 0. The number of pyridine rings is 1. The fourth-order valence-corrected chi connectivity index (χ4v) is 3.82. The molecule has 0 radical (unpaired) electrons. The summed E-state index contributed by atoms with van der Waals surface area (Å²) in [4.78, 5) is 27.2. The first kappa shape index (κ1) is 21.2. The average Bonchev–Trinajstić information content (AvgIpc) is 2.73. The Kier molecular flexibility index (Phi) is 6.24. The third-order valence-electron chi connectivity index (χ3n) is 4.34. The number of rotatable bonds is 7. The maximum absolute atomic E-state index is 12.5. The maximum Gasteiger partial charge on any atom is 0.335 e. The van der Waals surface area contributed by atoms with E-state index in [-0.39, 0.29) is 22.9 Å². The number of carbonyl (C=O) groups is 2. The molecule has 0 bridgehead atoms. The molecule has 2 aromatic carbocycles. The second kappa shape index (κ2) is 8.85. The van der Waals surface area contributed by atoms with Gasteiger partial charge in [-0.3, -0.25) is 9.78 Å². The van der Waals surface area contributed by atoms with Crippen LogP contribution in [0.4, 0.5) is 5.69 Å². The molecule has 0 atom stereocenters. The Labute approximate surface area is 173 Å². The minimum atomic E-state index is -3.82. The van der Waals surface area contributed by atoms with Gasteiger partial charge in [-0.2, -0.15) is 0 Å². The Morgan fingerprint density at radius 2 is 1.80 bits per heavy atom. The van der Waals surface area contributed by atoms with Crippen LogP contribution < -0.4 is 10.0 Å². The van der Waals surface area contributed by atoms with Crippen LogP contribution in [-0.2, 0) is 16.6 Å². The third-order valence-corrected chi connectivity index (χ3v) is 5.74. The fourth-order valence-electron chi connectivity index (χ4n) is 2.72. The lowest BCUT2D eigenvalue weighted by molar-refractivity contribution is 0.0695. The van der Waals surface area contributed by atoms with Crippen molar-refractivity contribution in [3.8, 4) is 0 Å². The summed E-state index contributed by atoms with van der Waals surface area (Å²) in [6.45, 7) is 1.56. The lowest BCUT2D eigenvalue weighted by Gasteiger charge is -2.10. The number of carboxylic acid groups (broad SMARTS) is 1. The zero-order chi connectivity index (χ0) is 21.7. The highest BCUT2D eigenvalue weighted by molar-refractivity contribution is 7.89. The minimum absolute atomic E-state index is 0.0162. The summed E-state index contributed by atoms with van der Waals surface area (Å²) in [6.07, 6.45) is 3.14. The van der Waals surface area contributed by atoms with E-state index in [1.807, 2.05) is 0 Å². The van der Waals surface area contributed by atoms with Crippen molar-refractivity contribution >= 4 is 27.6 Å². The summed E-state index contributed by atoms with van der Waals surface area (Å²) in [6, 6.07) is 13.8. The number of amides is 1. The highest BCUT2D eigenvalue weighted by atomic mass is 32.2. The van der Waals surface area contributed by atoms with Gasteiger partial charge in [-0.25, -0.2) is 17.9 Å². The Morgan fingerprint density at radius 1 is 1.07 bits per heavy atom. The molecule has 9 heteroatoms. The standard InChI is InChI=1S/C21H19N3O5S/c1-14-11-18(8-9-19(14)21(26)27)30(28,29)23-12-15-4-6-16(7-5-15)20(25)24-17-3-2-10-22-13-17/h2-11,13,23H,12H2,1H3,(H,24,25)(H,26,27). The number of sulfonamides is 1. The molecule has 1 heterocycles. The van der Waals surface area contributed by atoms with Gasteiger partial charge in [0.2, 0.25) is 10.0 Å². The number of aryl methyl sites for hydroxylation is 1. The quantitative estimate of drug-likeness (QED) is 0.534. The van der Waals surface area contributed by atoms with Gasteiger partial charge < -0.3 is 10.4 Å². The van der Waals surface area contributed by atoms with Crippen molar-refractivity contribution in [2.24, 2.45) is 0 Å². The van der Waals surface area contributed by atoms with Crippen LogP contribution in [0.3, 0.4) is 0 Å². The Morgan fingerprint density at radius 3 is 2.40 bits per heavy atom. The van der Waals surface area contributed by atoms with Gasteiger partial charge in [-0.1, -0.05) is 12.1 Å². The van der Waals surface area contributed by atoms with Gasteiger partial charge in [0.25, 0.3) is 5.91 Å². The van der Waals surface area contributed by atoms with E-state index in [9.17, 15) is 18.0 Å². The number of carboxylic acids is 1. The van der Waals surface area contributed by atoms with Crippen molar-refractivity contribution in [3.63, 3.8) is 0 Å². The fraction of sp³-hybridized carbons (Fsp3) is 0.0952. The largest absolute Gasteiger partial charge is 0.478 e. The monoisotopic (exact) mass is 425 g/mol. The average molecular weight is 425 g/mol. The van der Waals surface area contributed by atoms with E-state index < -0.39 is 16.0 Å². The molecule has 3 N–H and O–H groups in total. The first-order chi connectivity index (χ1) is 14.3. The minimum Gasteiger partial charge on any atom is -0.478 e. The number of hydrogen-bond donors (Lipinski definition) is 3. The van der Waals surface area contributed by atoms with Crippen LogP contribution in [0.2, 0.25) is 0 Å². The summed E-state index contributed by atoms with van der Waals surface area (Å²) < 4.78 is 27.4. The van der Waals surface area contributed by atoms with E-state index in [1.165, 1.54) is 31.3 Å². The van der Waals surface area contributed by atoms with Gasteiger partial charge in [0.1, 0.15) is 0 Å². The topological polar surface area (TPSA) is 125 Å². The van der Waals surface area contributed by atoms with E-state index in [0.717, 1.165) is 0 Å². The van der Waals surface area contributed by atoms with E-state index in [1.54, 1.807) is 42.6 Å². The van der Waals surface area contributed by atoms with Crippen molar-refractivity contribution < 1.29 is 23.1 Å². The summed E-state index contributed by atoms with van der Waals surface area (Å²) in [5.74, 6) is -1.42. The molecule has 0 saturated heterocycles. The molecule has 8 nitrogen and oxygen atoms in total. The van der Waals surface area contributed by atoms with Crippen LogP contribution in [0.5, 0.6) is 0 Å². The molecular weight excluding hydrogens is 406 g/mol. The molecular formula is C21H19N3O5S. The smallest absolute Gasteiger partial charge is 0.335 e. The van der Waals surface area contributed by atoms with Crippen molar-refractivity contribution in [2.75, 3.05) is 5.32 Å². The zero-order valence-electron chi connectivity index (χ0n) is 16.0. The van der Waals surface area contributed by atoms with Crippen LogP contribution in [0, 0.1) is 6.92 Å². The maximum atomic E-state index is 12.5. The molecule has 0 saturated carbocycles. The predicted octanol–water partition coefficient (Wildman–Crippen LogP) is 2.82. The Hall–Kier alpha value is -3.56. The number of carbonyl (C=O) groups excluding carboxylic acids is 1. The number of aromatic carboxylic acids is 1. The number of nitrogens with one attached hydrogen (secondary N) is 2. The molecule has 3 aromatic rings. The van der Waals surface area contributed by atoms with Gasteiger partial charge in [0.15, 0.2) is 0 Å². The van der Waals surface area contributed by atoms with Crippen LogP contribution in [0.1, 0.15) is 31.8 Å². The molecule has 0 aliphatic carbocycles. The molecule has 0 aliphatic heterocycles. The number of anilines is 1. The SMILES string of the molecule is Cc1cc(S(=O)(=O)NCc2ccc(C(=O)Nc3cccnc3)cc2)ccc1C(=O)O. The second-order valence-corrected chi connectivity index (χ2v) is 8.27. The Balaban J connectivity index is 1.65. The molecule has 0 fully saturated rings. The molecule has 0 unspecified atom stereocenters. The van der Waals surface area contributed by atoms with Gasteiger partial charge in [0.05, 0.1) is 22.3 Å². The molecule has 1 amide bonds. The van der Waals surface area contributed by atoms with Crippen LogP contribution in [0.25, 0.3) is 0 Å². The highest BCUT2D eigenvalue weighted by Gasteiger charge is 2.17. The molecule has 3 rings (SSSR count). The summed E-state index contributed by atoms with van der Waals surface area (Å²) in [5.41, 5.74) is 2.06. The van der Waals surface area contributed by atoms with Crippen LogP contribution in [-0.4, -0.2) is 30.4 Å². The molecule has 0 spiro atoms. The summed E-state index contributed by atoms with van der Waals surface area (Å²) in [5, 5.41) is 11.8. The summed E-state index contributed by atoms with van der Waals surface area (Å²) in [7, 11) is -3.82. The number of hydrogen-bond acceptors (Lipinski definition) is 5. The van der Waals surface area contributed by atoms with E-state index in [0.29, 0.717) is 22.4 Å². The van der Waals surface area contributed by atoms with Crippen molar-refractivity contribution in [1.82, 2.24) is 9.71 Å². The van der Waals surface area contributed by atoms with E-state index in [2.05, 4.69) is 15.0 Å². The van der Waals surface area contributed by atoms with E-state index in [4.69, 9.17) is 5.11 Å². The molecule has 1 aromatic heterocycles. The van der Waals surface area contributed by atoms with Crippen LogP contribution in [0.15, 0.2) is 71.9 Å². The lowest BCUT2D eigenvalue weighted by Crippen LogP contribution is -2.23. The van der Waals surface area contributed by atoms with Gasteiger partial charge >= 0.3 is 5.97 Å². The van der Waals surface area contributed by atoms with Crippen molar-refractivity contribution in [2.45, 2.75) is 18.4 Å². The molecule has 30 heavy (non-hydrogen) atoms. The second-order valence-electron chi connectivity index (χ2n) is 6.50. The van der Waals surface area contributed by atoms with Gasteiger partial charge in [0, 0.05) is 18.3 Å². The first-order valence-electron chi connectivity index (χ1n) is 8.90. The van der Waals surface area contributed by atoms with Crippen LogP contribution >= 0.6 is 0 Å². The van der Waals surface area contributed by atoms with Gasteiger partial charge in [-0.05, 0) is 60.5 Å². The lowest BCUT2D eigenvalue weighted by atomic mass is 10.1. The normalized spacial score (nSPS) is 11.1. The van der Waals surface area contributed by atoms with E-state index >= 15 is 0 Å². The highest BCUT2D eigenvalue weighted by Crippen LogP contribution is 2.16. The van der Waals surface area contributed by atoms with Gasteiger partial charge in [-0.15, -0.1) is 0 Å². The number of nitrogens with zero attached hydrogens (tertiary/aromatic N) is 1. The third kappa shape index (κ3) is 5.07. The molecule has 154 valence electrons.